The molecule has 7 heteroatoms. The molecule has 0 saturated carbocycles. The van der Waals surface area contributed by atoms with E-state index in [0.717, 1.165) is 0 Å². The first-order valence-electron chi connectivity index (χ1n) is 7.04. The summed E-state index contributed by atoms with van der Waals surface area (Å²) in [6.07, 6.45) is 0. The molecule has 1 aliphatic rings. The van der Waals surface area contributed by atoms with Crippen LogP contribution in [0.5, 0.6) is 0 Å². The molecular formula is C16H17NO6. The lowest BCUT2D eigenvalue weighted by Gasteiger charge is -2.22. The Morgan fingerprint density at radius 2 is 1.48 bits per heavy atom. The van der Waals surface area contributed by atoms with E-state index in [4.69, 9.17) is 9.57 Å². The van der Waals surface area contributed by atoms with Gasteiger partial charge in [0.05, 0.1) is 11.1 Å². The molecule has 0 spiro atoms. The summed E-state index contributed by atoms with van der Waals surface area (Å²) in [4.78, 5) is 52.8. The Balaban J connectivity index is 2.08. The number of esters is 1. The van der Waals surface area contributed by atoms with E-state index < -0.39 is 35.3 Å². The molecule has 2 rings (SSSR count). The van der Waals surface area contributed by atoms with Gasteiger partial charge in [0, 0.05) is 0 Å². The highest BCUT2D eigenvalue weighted by Gasteiger charge is 2.40. The summed E-state index contributed by atoms with van der Waals surface area (Å²) in [6.45, 7) is 6.27. The van der Waals surface area contributed by atoms with Gasteiger partial charge in [-0.05, 0) is 39.8 Å². The average Bonchev–Trinajstić information content (AvgIpc) is 2.70. The zero-order valence-electron chi connectivity index (χ0n) is 13.3. The topological polar surface area (TPSA) is 90.0 Å². The first-order valence-corrected chi connectivity index (χ1v) is 7.04. The molecule has 2 amide bonds. The summed E-state index contributed by atoms with van der Waals surface area (Å²) < 4.78 is 5.07. The van der Waals surface area contributed by atoms with Crippen molar-refractivity contribution in [2.24, 2.45) is 5.92 Å². The third-order valence-corrected chi connectivity index (χ3v) is 3.05. The Kier molecular flexibility index (Phi) is 4.22. The minimum atomic E-state index is -1.27. The fourth-order valence-electron chi connectivity index (χ4n) is 1.91. The second-order valence-corrected chi connectivity index (χ2v) is 6.12. The number of carbonyl (C=O) groups excluding carboxylic acids is 4. The van der Waals surface area contributed by atoms with Crippen molar-refractivity contribution >= 4 is 23.8 Å². The van der Waals surface area contributed by atoms with Crippen LogP contribution in [0.1, 0.15) is 48.4 Å². The monoisotopic (exact) mass is 319 g/mol. The fraction of sp³-hybridized carbons (Fsp3) is 0.375. The Labute approximate surface area is 133 Å². The van der Waals surface area contributed by atoms with Gasteiger partial charge in [-0.3, -0.25) is 14.4 Å². The highest BCUT2D eigenvalue weighted by Crippen LogP contribution is 2.23. The predicted octanol–water partition coefficient (Wildman–Crippen LogP) is 1.72. The maximum Gasteiger partial charge on any atom is 0.347 e. The number of ether oxygens (including phenoxy) is 1. The second kappa shape index (κ2) is 5.83. The molecule has 0 saturated heterocycles. The molecule has 1 aromatic rings. The van der Waals surface area contributed by atoms with Crippen LogP contribution in [0, 0.1) is 5.92 Å². The molecule has 1 aromatic carbocycles. The standard InChI is InChI=1S/C16H17NO6/c1-9(14(20)22-16(2,3)4)15(21)23-17-12(18)10-7-5-6-8-11(10)13(17)19/h5-9H,1-4H3. The van der Waals surface area contributed by atoms with E-state index in [9.17, 15) is 19.2 Å². The van der Waals surface area contributed by atoms with Crippen molar-refractivity contribution in [2.45, 2.75) is 33.3 Å². The molecule has 1 atom stereocenters. The summed E-state index contributed by atoms with van der Waals surface area (Å²) in [5, 5.41) is 0.369. The number of carbonyl (C=O) groups is 4. The molecule has 0 aromatic heterocycles. The van der Waals surface area contributed by atoms with Crippen molar-refractivity contribution in [2.75, 3.05) is 0 Å². The van der Waals surface area contributed by atoms with Crippen LogP contribution >= 0.6 is 0 Å². The van der Waals surface area contributed by atoms with Crippen molar-refractivity contribution in [3.8, 4) is 0 Å². The highest BCUT2D eigenvalue weighted by molar-refractivity contribution is 6.21. The Morgan fingerprint density at radius 3 is 1.91 bits per heavy atom. The highest BCUT2D eigenvalue weighted by atomic mass is 16.7. The molecule has 0 N–H and O–H groups in total. The molecule has 1 aliphatic heterocycles. The van der Waals surface area contributed by atoms with Crippen LogP contribution in [0.2, 0.25) is 0 Å². The molecule has 1 unspecified atom stereocenters. The lowest BCUT2D eigenvalue weighted by Crippen LogP contribution is -2.38. The van der Waals surface area contributed by atoms with Crippen LogP contribution in [0.4, 0.5) is 0 Å². The van der Waals surface area contributed by atoms with Gasteiger partial charge < -0.3 is 9.57 Å². The van der Waals surface area contributed by atoms with Crippen LogP contribution in [0.15, 0.2) is 24.3 Å². The minimum Gasteiger partial charge on any atom is -0.459 e. The third-order valence-electron chi connectivity index (χ3n) is 3.05. The van der Waals surface area contributed by atoms with Gasteiger partial charge in [-0.1, -0.05) is 17.2 Å². The van der Waals surface area contributed by atoms with E-state index in [0.29, 0.717) is 5.06 Å². The van der Waals surface area contributed by atoms with Gasteiger partial charge in [0.25, 0.3) is 11.8 Å². The molecule has 122 valence electrons. The number of nitrogens with zero attached hydrogens (tertiary/aromatic N) is 1. The molecule has 0 bridgehead atoms. The average molecular weight is 319 g/mol. The minimum absolute atomic E-state index is 0.148. The smallest absolute Gasteiger partial charge is 0.347 e. The van der Waals surface area contributed by atoms with Gasteiger partial charge in [0.1, 0.15) is 5.60 Å². The number of imide groups is 1. The molecule has 1 heterocycles. The summed E-state index contributed by atoms with van der Waals surface area (Å²) in [5.41, 5.74) is -0.466. The second-order valence-electron chi connectivity index (χ2n) is 6.12. The molecule has 0 radical (unpaired) electrons. The van der Waals surface area contributed by atoms with Crippen LogP contribution in [-0.4, -0.2) is 34.4 Å². The first-order chi connectivity index (χ1) is 10.6. The lowest BCUT2D eigenvalue weighted by molar-refractivity contribution is -0.182. The number of fused-ring (bicyclic) bond motifs is 1. The van der Waals surface area contributed by atoms with Gasteiger partial charge in [-0.2, -0.15) is 0 Å². The number of hydrogen-bond acceptors (Lipinski definition) is 6. The van der Waals surface area contributed by atoms with E-state index in [-0.39, 0.29) is 11.1 Å². The zero-order valence-corrected chi connectivity index (χ0v) is 13.3. The normalized spacial score (nSPS) is 15.2. The Bertz CT molecular complexity index is 653. The number of amides is 2. The summed E-state index contributed by atoms with van der Waals surface area (Å²) in [7, 11) is 0. The van der Waals surface area contributed by atoms with Crippen molar-refractivity contribution in [3.05, 3.63) is 35.4 Å². The number of rotatable bonds is 3. The molecule has 7 nitrogen and oxygen atoms in total. The van der Waals surface area contributed by atoms with Gasteiger partial charge in [0.2, 0.25) is 0 Å². The Morgan fingerprint density at radius 1 is 1.00 bits per heavy atom. The quantitative estimate of drug-likeness (QED) is 0.479. The predicted molar refractivity (Wildman–Crippen MR) is 78.0 cm³/mol. The van der Waals surface area contributed by atoms with Crippen LogP contribution in [0.25, 0.3) is 0 Å². The van der Waals surface area contributed by atoms with Crippen LogP contribution < -0.4 is 0 Å². The largest absolute Gasteiger partial charge is 0.459 e. The number of hydroxylamine groups is 2. The van der Waals surface area contributed by atoms with Gasteiger partial charge in [-0.15, -0.1) is 0 Å². The van der Waals surface area contributed by atoms with Crippen LogP contribution in [-0.2, 0) is 19.2 Å². The third kappa shape index (κ3) is 3.39. The SMILES string of the molecule is CC(C(=O)ON1C(=O)c2ccccc2C1=O)C(=O)OC(C)(C)C. The lowest BCUT2D eigenvalue weighted by atomic mass is 10.1. The van der Waals surface area contributed by atoms with Gasteiger partial charge in [-0.25, -0.2) is 4.79 Å². The van der Waals surface area contributed by atoms with Gasteiger partial charge >= 0.3 is 11.9 Å². The van der Waals surface area contributed by atoms with Gasteiger partial charge in [0.15, 0.2) is 5.92 Å². The number of benzene rings is 1. The van der Waals surface area contributed by atoms with E-state index >= 15 is 0 Å². The summed E-state index contributed by atoms with van der Waals surface area (Å²) in [6, 6.07) is 6.11. The zero-order chi connectivity index (χ0) is 17.4. The fourth-order valence-corrected chi connectivity index (χ4v) is 1.91. The Hall–Kier alpha value is -2.70. The molecule has 0 fully saturated rings. The van der Waals surface area contributed by atoms with Crippen molar-refractivity contribution < 1.29 is 28.8 Å². The van der Waals surface area contributed by atoms with E-state index in [2.05, 4.69) is 0 Å². The maximum absolute atomic E-state index is 12.1. The molecular weight excluding hydrogens is 302 g/mol. The number of hydrogen-bond donors (Lipinski definition) is 0. The van der Waals surface area contributed by atoms with E-state index in [1.165, 1.54) is 19.1 Å². The van der Waals surface area contributed by atoms with Crippen molar-refractivity contribution in [1.29, 1.82) is 0 Å². The first kappa shape index (κ1) is 16.7. The molecule has 23 heavy (non-hydrogen) atoms. The summed E-state index contributed by atoms with van der Waals surface area (Å²) >= 11 is 0. The summed E-state index contributed by atoms with van der Waals surface area (Å²) in [5.74, 6) is -4.57. The van der Waals surface area contributed by atoms with Crippen molar-refractivity contribution in [1.82, 2.24) is 5.06 Å². The van der Waals surface area contributed by atoms with Crippen LogP contribution in [0.3, 0.4) is 0 Å². The maximum atomic E-state index is 12.1. The van der Waals surface area contributed by atoms with Crippen molar-refractivity contribution in [3.63, 3.8) is 0 Å². The van der Waals surface area contributed by atoms with E-state index in [1.807, 2.05) is 0 Å². The molecule has 0 aliphatic carbocycles. The van der Waals surface area contributed by atoms with E-state index in [1.54, 1.807) is 32.9 Å².